The molecule has 0 saturated heterocycles. The van der Waals surface area contributed by atoms with Gasteiger partial charge in [0.1, 0.15) is 11.8 Å². The maximum atomic E-state index is 13.0. The molecule has 3 aromatic rings. The molecule has 0 saturated carbocycles. The van der Waals surface area contributed by atoms with Crippen LogP contribution in [0.2, 0.25) is 4.34 Å². The molecular formula is C15H9ClF2N4S. The Hall–Kier alpha value is -2.30. The van der Waals surface area contributed by atoms with Gasteiger partial charge in [-0.05, 0) is 24.3 Å². The van der Waals surface area contributed by atoms with Crippen molar-refractivity contribution in [1.29, 1.82) is 5.26 Å². The summed E-state index contributed by atoms with van der Waals surface area (Å²) in [6.45, 7) is 0.274. The largest absolute Gasteiger partial charge is 0.324 e. The molecule has 116 valence electrons. The Bertz CT molecular complexity index is 864. The van der Waals surface area contributed by atoms with Crippen LogP contribution < -0.4 is 0 Å². The summed E-state index contributed by atoms with van der Waals surface area (Å²) >= 11 is 7.19. The molecule has 0 amide bonds. The van der Waals surface area contributed by atoms with E-state index in [1.54, 1.807) is 28.8 Å². The van der Waals surface area contributed by atoms with E-state index in [2.05, 4.69) is 9.97 Å². The Labute approximate surface area is 139 Å². The van der Waals surface area contributed by atoms with E-state index in [1.807, 2.05) is 6.07 Å². The summed E-state index contributed by atoms with van der Waals surface area (Å²) in [6.07, 6.45) is 0.106. The monoisotopic (exact) mass is 350 g/mol. The maximum absolute atomic E-state index is 13.0. The molecule has 0 aromatic carbocycles. The van der Waals surface area contributed by atoms with E-state index in [0.29, 0.717) is 26.3 Å². The van der Waals surface area contributed by atoms with Gasteiger partial charge in [0.2, 0.25) is 0 Å². The van der Waals surface area contributed by atoms with Crippen molar-refractivity contribution in [2.24, 2.45) is 0 Å². The van der Waals surface area contributed by atoms with E-state index < -0.39 is 6.43 Å². The Balaban J connectivity index is 1.98. The van der Waals surface area contributed by atoms with E-state index in [9.17, 15) is 8.78 Å². The van der Waals surface area contributed by atoms with Gasteiger partial charge in [0.15, 0.2) is 5.82 Å². The van der Waals surface area contributed by atoms with Crippen molar-refractivity contribution in [3.63, 3.8) is 0 Å². The van der Waals surface area contributed by atoms with Crippen LogP contribution in [0.4, 0.5) is 8.78 Å². The van der Waals surface area contributed by atoms with Gasteiger partial charge in [-0.2, -0.15) is 5.26 Å². The Kier molecular flexibility index (Phi) is 4.37. The van der Waals surface area contributed by atoms with Gasteiger partial charge >= 0.3 is 0 Å². The van der Waals surface area contributed by atoms with E-state index in [4.69, 9.17) is 16.9 Å². The number of rotatable bonds is 4. The molecule has 0 aliphatic carbocycles. The van der Waals surface area contributed by atoms with Gasteiger partial charge < -0.3 is 4.57 Å². The molecule has 0 bridgehead atoms. The molecular weight excluding hydrogens is 342 g/mol. The fourth-order valence-corrected chi connectivity index (χ4v) is 3.10. The van der Waals surface area contributed by atoms with Crippen LogP contribution in [0.25, 0.3) is 10.7 Å². The predicted molar refractivity (Wildman–Crippen MR) is 83.6 cm³/mol. The molecule has 0 aliphatic rings. The molecule has 0 N–H and O–H groups in total. The third-order valence-corrected chi connectivity index (χ3v) is 4.33. The molecule has 3 heterocycles. The lowest BCUT2D eigenvalue weighted by molar-refractivity contribution is 0.146. The van der Waals surface area contributed by atoms with Crippen molar-refractivity contribution in [1.82, 2.24) is 14.5 Å². The highest BCUT2D eigenvalue weighted by atomic mass is 35.5. The van der Waals surface area contributed by atoms with Crippen LogP contribution in [0.1, 0.15) is 23.4 Å². The molecule has 3 aromatic heterocycles. The van der Waals surface area contributed by atoms with Gasteiger partial charge in [0, 0.05) is 12.4 Å². The lowest BCUT2D eigenvalue weighted by Gasteiger charge is -2.05. The Morgan fingerprint density at radius 3 is 2.70 bits per heavy atom. The zero-order valence-corrected chi connectivity index (χ0v) is 13.2. The molecule has 0 aliphatic heterocycles. The van der Waals surface area contributed by atoms with Crippen LogP contribution in [0.5, 0.6) is 0 Å². The summed E-state index contributed by atoms with van der Waals surface area (Å²) in [5.41, 5.74) is 0.794. The maximum Gasteiger partial charge on any atom is 0.281 e. The molecule has 23 heavy (non-hydrogen) atoms. The van der Waals surface area contributed by atoms with Crippen molar-refractivity contribution in [3.05, 3.63) is 57.9 Å². The Morgan fingerprint density at radius 2 is 2.13 bits per heavy atom. The second-order valence-corrected chi connectivity index (χ2v) is 6.39. The first-order valence-corrected chi connectivity index (χ1v) is 7.72. The first-order chi connectivity index (χ1) is 11.1. The minimum absolute atomic E-state index is 0.274. The second kappa shape index (κ2) is 6.44. The molecule has 0 unspecified atom stereocenters. The number of hydrogen-bond donors (Lipinski definition) is 0. The first kappa shape index (κ1) is 15.6. The molecule has 0 radical (unpaired) electrons. The SMILES string of the molecule is N#Cc1ccc(Cn2cc(C(F)F)nc2-c2ccc(Cl)s2)nc1. The number of hydrogen-bond acceptors (Lipinski definition) is 4. The summed E-state index contributed by atoms with van der Waals surface area (Å²) in [4.78, 5) is 8.87. The molecule has 0 fully saturated rings. The summed E-state index contributed by atoms with van der Waals surface area (Å²) in [5, 5.41) is 8.78. The summed E-state index contributed by atoms with van der Waals surface area (Å²) in [7, 11) is 0. The van der Waals surface area contributed by atoms with Crippen molar-refractivity contribution < 1.29 is 8.78 Å². The van der Waals surface area contributed by atoms with Gasteiger partial charge in [-0.25, -0.2) is 13.8 Å². The number of imidazole rings is 1. The van der Waals surface area contributed by atoms with Crippen LogP contribution in [-0.2, 0) is 6.54 Å². The standard InChI is InChI=1S/C15H9ClF2N4S/c16-13-4-3-12(23-13)15-21-11(14(17)18)8-22(15)7-10-2-1-9(5-19)6-20-10/h1-4,6,8,14H,7H2. The smallest absolute Gasteiger partial charge is 0.281 e. The van der Waals surface area contributed by atoms with E-state index in [1.165, 1.54) is 23.7 Å². The number of halogens is 3. The average molecular weight is 351 g/mol. The minimum atomic E-state index is -2.65. The molecule has 0 spiro atoms. The number of nitrogens with zero attached hydrogens (tertiary/aromatic N) is 4. The van der Waals surface area contributed by atoms with Crippen LogP contribution in [0, 0.1) is 11.3 Å². The second-order valence-electron chi connectivity index (χ2n) is 4.67. The normalized spacial score (nSPS) is 10.9. The lowest BCUT2D eigenvalue weighted by Crippen LogP contribution is -2.02. The van der Waals surface area contributed by atoms with Crippen LogP contribution in [0.3, 0.4) is 0 Å². The zero-order valence-electron chi connectivity index (χ0n) is 11.6. The topological polar surface area (TPSA) is 54.5 Å². The highest BCUT2D eigenvalue weighted by Gasteiger charge is 2.18. The van der Waals surface area contributed by atoms with Crippen LogP contribution >= 0.6 is 22.9 Å². The van der Waals surface area contributed by atoms with Crippen LogP contribution in [0.15, 0.2) is 36.7 Å². The van der Waals surface area contributed by atoms with E-state index in [0.717, 1.165) is 0 Å². The number of nitriles is 1. The molecule has 8 heteroatoms. The number of thiophene rings is 1. The number of aromatic nitrogens is 3. The van der Waals surface area contributed by atoms with Crippen molar-refractivity contribution in [3.8, 4) is 16.8 Å². The van der Waals surface area contributed by atoms with Gasteiger partial charge in [-0.1, -0.05) is 11.6 Å². The van der Waals surface area contributed by atoms with Crippen molar-refractivity contribution in [2.75, 3.05) is 0 Å². The molecule has 3 rings (SSSR count). The van der Waals surface area contributed by atoms with Gasteiger partial charge in [0.05, 0.1) is 27.0 Å². The fourth-order valence-electron chi connectivity index (χ4n) is 2.05. The number of alkyl halides is 2. The minimum Gasteiger partial charge on any atom is -0.324 e. The predicted octanol–water partition coefficient (Wildman–Crippen LogP) is 4.52. The summed E-state index contributed by atoms with van der Waals surface area (Å²) in [6, 6.07) is 8.74. The lowest BCUT2D eigenvalue weighted by atomic mass is 10.2. The van der Waals surface area contributed by atoms with E-state index in [-0.39, 0.29) is 12.2 Å². The fraction of sp³-hybridized carbons (Fsp3) is 0.133. The number of pyridine rings is 1. The third-order valence-electron chi connectivity index (χ3n) is 3.10. The first-order valence-electron chi connectivity index (χ1n) is 6.53. The van der Waals surface area contributed by atoms with Gasteiger partial charge in [-0.15, -0.1) is 11.3 Å². The molecule has 0 atom stereocenters. The Morgan fingerprint density at radius 1 is 1.30 bits per heavy atom. The third kappa shape index (κ3) is 3.38. The quantitative estimate of drug-likeness (QED) is 0.695. The average Bonchev–Trinajstić information content (AvgIpc) is 3.14. The zero-order chi connectivity index (χ0) is 16.4. The summed E-state index contributed by atoms with van der Waals surface area (Å²) < 4.78 is 28.1. The van der Waals surface area contributed by atoms with Crippen molar-refractivity contribution in [2.45, 2.75) is 13.0 Å². The highest BCUT2D eigenvalue weighted by Crippen LogP contribution is 2.32. The van der Waals surface area contributed by atoms with Gasteiger partial charge in [-0.3, -0.25) is 4.98 Å². The van der Waals surface area contributed by atoms with Gasteiger partial charge in [0.25, 0.3) is 6.43 Å². The highest BCUT2D eigenvalue weighted by molar-refractivity contribution is 7.19. The van der Waals surface area contributed by atoms with E-state index >= 15 is 0 Å². The van der Waals surface area contributed by atoms with Crippen LogP contribution in [-0.4, -0.2) is 14.5 Å². The van der Waals surface area contributed by atoms with Crippen molar-refractivity contribution >= 4 is 22.9 Å². The molecule has 4 nitrogen and oxygen atoms in total. The summed E-state index contributed by atoms with van der Waals surface area (Å²) in [5.74, 6) is 0.420.